The molecular formula is C6H11NO2. The average Bonchev–Trinajstić information content (AvgIpc) is 1.64. The van der Waals surface area contributed by atoms with Crippen LogP contribution < -0.4 is 5.32 Å². The number of carbonyl (C=O) groups excluding carboxylic acids is 2. The third-order valence-corrected chi connectivity index (χ3v) is 1.10. The van der Waals surface area contributed by atoms with Crippen LogP contribution in [0.25, 0.3) is 0 Å². The van der Waals surface area contributed by atoms with Crippen molar-refractivity contribution in [3.63, 3.8) is 0 Å². The molecule has 0 aromatic heterocycles. The van der Waals surface area contributed by atoms with Crippen LogP contribution in [0.1, 0.15) is 13.8 Å². The summed E-state index contributed by atoms with van der Waals surface area (Å²) in [4.78, 5) is 21.1. The summed E-state index contributed by atoms with van der Waals surface area (Å²) in [6.07, 6.45) is 0. The van der Waals surface area contributed by atoms with Crippen LogP contribution in [0.2, 0.25) is 0 Å². The molecule has 0 amide bonds. The number of ketones is 2. The first-order chi connectivity index (χ1) is 4.09. The summed E-state index contributed by atoms with van der Waals surface area (Å²) >= 11 is 0. The van der Waals surface area contributed by atoms with E-state index in [2.05, 4.69) is 5.32 Å². The molecule has 0 aromatic carbocycles. The van der Waals surface area contributed by atoms with Crippen LogP contribution in [0.5, 0.6) is 0 Å². The van der Waals surface area contributed by atoms with Crippen molar-refractivity contribution in [2.75, 3.05) is 7.05 Å². The van der Waals surface area contributed by atoms with Crippen molar-refractivity contribution in [2.45, 2.75) is 19.9 Å². The Labute approximate surface area is 54.4 Å². The maximum absolute atomic E-state index is 10.5. The van der Waals surface area contributed by atoms with Crippen LogP contribution >= 0.6 is 0 Å². The SMILES string of the molecule is CNC(C(C)=O)C(C)=O. The van der Waals surface area contributed by atoms with Gasteiger partial charge < -0.3 is 5.32 Å². The van der Waals surface area contributed by atoms with Crippen molar-refractivity contribution in [3.05, 3.63) is 0 Å². The molecule has 0 unspecified atom stereocenters. The highest BCUT2D eigenvalue weighted by molar-refractivity contribution is 6.04. The molecule has 0 aromatic rings. The number of likely N-dealkylation sites (N-methyl/N-ethyl adjacent to an activating group) is 1. The maximum atomic E-state index is 10.5. The maximum Gasteiger partial charge on any atom is 0.154 e. The minimum atomic E-state index is -0.606. The number of nitrogens with one attached hydrogen (secondary N) is 1. The molecule has 0 bridgehead atoms. The third-order valence-electron chi connectivity index (χ3n) is 1.10. The lowest BCUT2D eigenvalue weighted by Gasteiger charge is -2.06. The van der Waals surface area contributed by atoms with Crippen LogP contribution in [-0.2, 0) is 9.59 Å². The Kier molecular flexibility index (Phi) is 3.09. The van der Waals surface area contributed by atoms with Crippen molar-refractivity contribution in [3.8, 4) is 0 Å². The molecule has 0 aliphatic rings. The number of hydrogen-bond acceptors (Lipinski definition) is 3. The van der Waals surface area contributed by atoms with Gasteiger partial charge >= 0.3 is 0 Å². The van der Waals surface area contributed by atoms with Crippen LogP contribution in [0, 0.1) is 0 Å². The smallest absolute Gasteiger partial charge is 0.154 e. The van der Waals surface area contributed by atoms with Crippen molar-refractivity contribution >= 4 is 11.6 Å². The highest BCUT2D eigenvalue weighted by Gasteiger charge is 2.15. The molecule has 9 heavy (non-hydrogen) atoms. The zero-order chi connectivity index (χ0) is 7.44. The molecule has 3 heteroatoms. The molecule has 0 aliphatic heterocycles. The molecule has 0 atom stereocenters. The van der Waals surface area contributed by atoms with Gasteiger partial charge in [-0.3, -0.25) is 9.59 Å². The predicted molar refractivity (Wildman–Crippen MR) is 34.2 cm³/mol. The highest BCUT2D eigenvalue weighted by atomic mass is 16.2. The van der Waals surface area contributed by atoms with E-state index >= 15 is 0 Å². The lowest BCUT2D eigenvalue weighted by Crippen LogP contribution is -2.38. The minimum absolute atomic E-state index is 0.134. The summed E-state index contributed by atoms with van der Waals surface area (Å²) in [5.74, 6) is -0.269. The Morgan fingerprint density at radius 2 is 1.56 bits per heavy atom. The van der Waals surface area contributed by atoms with E-state index < -0.39 is 6.04 Å². The molecule has 0 saturated heterocycles. The van der Waals surface area contributed by atoms with Crippen LogP contribution in [-0.4, -0.2) is 24.7 Å². The molecule has 3 nitrogen and oxygen atoms in total. The van der Waals surface area contributed by atoms with Gasteiger partial charge in [-0.15, -0.1) is 0 Å². The molecule has 1 N–H and O–H groups in total. The Morgan fingerprint density at radius 1 is 1.22 bits per heavy atom. The van der Waals surface area contributed by atoms with E-state index in [0.717, 1.165) is 0 Å². The van der Waals surface area contributed by atoms with E-state index in [1.807, 2.05) is 0 Å². The molecule has 0 heterocycles. The zero-order valence-electron chi connectivity index (χ0n) is 5.89. The van der Waals surface area contributed by atoms with Gasteiger partial charge in [0.25, 0.3) is 0 Å². The van der Waals surface area contributed by atoms with Crippen molar-refractivity contribution in [2.24, 2.45) is 0 Å². The quantitative estimate of drug-likeness (QED) is 0.534. The van der Waals surface area contributed by atoms with Gasteiger partial charge in [-0.25, -0.2) is 0 Å². The van der Waals surface area contributed by atoms with Gasteiger partial charge in [0.2, 0.25) is 0 Å². The molecule has 0 saturated carbocycles. The summed E-state index contributed by atoms with van der Waals surface area (Å²) in [6, 6.07) is -0.606. The fourth-order valence-corrected chi connectivity index (χ4v) is 0.693. The fraction of sp³-hybridized carbons (Fsp3) is 0.667. The minimum Gasteiger partial charge on any atom is -0.304 e. The van der Waals surface area contributed by atoms with E-state index in [4.69, 9.17) is 0 Å². The van der Waals surface area contributed by atoms with Crippen molar-refractivity contribution in [1.29, 1.82) is 0 Å². The van der Waals surface area contributed by atoms with Gasteiger partial charge in [-0.05, 0) is 20.9 Å². The number of hydrogen-bond donors (Lipinski definition) is 1. The normalized spacial score (nSPS) is 9.78. The lowest BCUT2D eigenvalue weighted by atomic mass is 10.1. The van der Waals surface area contributed by atoms with Gasteiger partial charge in [-0.2, -0.15) is 0 Å². The summed E-state index contributed by atoms with van der Waals surface area (Å²) in [5.41, 5.74) is 0. The van der Waals surface area contributed by atoms with E-state index in [0.29, 0.717) is 0 Å². The number of rotatable bonds is 3. The third kappa shape index (κ3) is 2.37. The van der Waals surface area contributed by atoms with Gasteiger partial charge in [0, 0.05) is 0 Å². The Morgan fingerprint density at radius 3 is 1.56 bits per heavy atom. The standard InChI is InChI=1S/C6H11NO2/c1-4(8)6(7-3)5(2)9/h6-7H,1-3H3. The molecule has 0 spiro atoms. The van der Waals surface area contributed by atoms with Gasteiger partial charge in [-0.1, -0.05) is 0 Å². The molecule has 0 radical (unpaired) electrons. The largest absolute Gasteiger partial charge is 0.304 e. The van der Waals surface area contributed by atoms with E-state index in [9.17, 15) is 9.59 Å². The first kappa shape index (κ1) is 8.30. The highest BCUT2D eigenvalue weighted by Crippen LogP contribution is 1.85. The second-order valence-corrected chi connectivity index (χ2v) is 1.94. The molecular weight excluding hydrogens is 118 g/mol. The molecule has 52 valence electrons. The van der Waals surface area contributed by atoms with Gasteiger partial charge in [0.15, 0.2) is 11.6 Å². The van der Waals surface area contributed by atoms with Crippen LogP contribution in [0.4, 0.5) is 0 Å². The Balaban J connectivity index is 3.99. The van der Waals surface area contributed by atoms with Gasteiger partial charge in [0.05, 0.1) is 0 Å². The summed E-state index contributed by atoms with van der Waals surface area (Å²) in [6.45, 7) is 2.78. The fourth-order valence-electron chi connectivity index (χ4n) is 0.693. The van der Waals surface area contributed by atoms with E-state index in [1.165, 1.54) is 13.8 Å². The van der Waals surface area contributed by atoms with Crippen molar-refractivity contribution < 1.29 is 9.59 Å². The zero-order valence-corrected chi connectivity index (χ0v) is 5.89. The topological polar surface area (TPSA) is 46.2 Å². The number of carbonyl (C=O) groups is 2. The predicted octanol–water partition coefficient (Wildman–Crippen LogP) is -0.248. The van der Waals surface area contributed by atoms with Crippen molar-refractivity contribution in [1.82, 2.24) is 5.32 Å². The summed E-state index contributed by atoms with van der Waals surface area (Å²) < 4.78 is 0. The molecule has 0 aliphatic carbocycles. The first-order valence-electron chi connectivity index (χ1n) is 2.77. The second kappa shape index (κ2) is 3.35. The molecule has 0 rings (SSSR count). The van der Waals surface area contributed by atoms with E-state index in [-0.39, 0.29) is 11.6 Å². The lowest BCUT2D eigenvalue weighted by molar-refractivity contribution is -0.127. The number of Topliss-reactive ketones (excluding diaryl/α,β-unsaturated/α-hetero) is 2. The monoisotopic (exact) mass is 129 g/mol. The first-order valence-corrected chi connectivity index (χ1v) is 2.77. The molecule has 0 fully saturated rings. The summed E-state index contributed by atoms with van der Waals surface area (Å²) in [5, 5.41) is 2.60. The van der Waals surface area contributed by atoms with Crippen LogP contribution in [0.3, 0.4) is 0 Å². The Bertz CT molecular complexity index is 117. The average molecular weight is 129 g/mol. The summed E-state index contributed by atoms with van der Waals surface area (Å²) in [7, 11) is 1.59. The van der Waals surface area contributed by atoms with E-state index in [1.54, 1.807) is 7.05 Å². The van der Waals surface area contributed by atoms with Crippen LogP contribution in [0.15, 0.2) is 0 Å². The second-order valence-electron chi connectivity index (χ2n) is 1.94. The van der Waals surface area contributed by atoms with Gasteiger partial charge in [0.1, 0.15) is 6.04 Å². The Hall–Kier alpha value is -0.700.